The molecule has 0 aromatic carbocycles. The van der Waals surface area contributed by atoms with E-state index in [4.69, 9.17) is 5.73 Å². The van der Waals surface area contributed by atoms with E-state index < -0.39 is 0 Å². The minimum Gasteiger partial charge on any atom is -0.355 e. The number of hydrogen-bond donors (Lipinski definition) is 2. The largest absolute Gasteiger partial charge is 0.355 e. The first-order valence-corrected chi connectivity index (χ1v) is 6.91. The highest BCUT2D eigenvalue weighted by atomic mass is 16.2. The molecular weight excluding hydrogens is 214 g/mol. The van der Waals surface area contributed by atoms with Gasteiger partial charge in [0, 0.05) is 6.54 Å². The third-order valence-electron chi connectivity index (χ3n) is 3.03. The lowest BCUT2D eigenvalue weighted by Crippen LogP contribution is -2.40. The van der Waals surface area contributed by atoms with E-state index in [1.54, 1.807) is 0 Å². The van der Waals surface area contributed by atoms with E-state index in [0.29, 0.717) is 0 Å². The van der Waals surface area contributed by atoms with Gasteiger partial charge < -0.3 is 16.0 Å². The van der Waals surface area contributed by atoms with E-state index in [-0.39, 0.29) is 11.9 Å². The summed E-state index contributed by atoms with van der Waals surface area (Å²) in [6.07, 6.45) is 3.88. The fraction of sp³-hybridized carbons (Fsp3) is 0.923. The monoisotopic (exact) mass is 243 g/mol. The van der Waals surface area contributed by atoms with Crippen molar-refractivity contribution in [3.63, 3.8) is 0 Å². The van der Waals surface area contributed by atoms with Crippen LogP contribution in [0, 0.1) is 0 Å². The van der Waals surface area contributed by atoms with Crippen LogP contribution >= 0.6 is 0 Å². The van der Waals surface area contributed by atoms with Crippen LogP contribution in [0.2, 0.25) is 0 Å². The molecule has 0 heterocycles. The Morgan fingerprint density at radius 1 is 1.24 bits per heavy atom. The molecular formula is C13H29N3O. The molecule has 4 nitrogen and oxygen atoms in total. The van der Waals surface area contributed by atoms with Crippen molar-refractivity contribution in [1.82, 2.24) is 10.2 Å². The molecule has 0 radical (unpaired) electrons. The number of nitrogens with one attached hydrogen (secondary N) is 1. The summed E-state index contributed by atoms with van der Waals surface area (Å²) in [4.78, 5) is 13.9. The second kappa shape index (κ2) is 10.5. The van der Waals surface area contributed by atoms with Gasteiger partial charge in [0.25, 0.3) is 0 Å². The Bertz CT molecular complexity index is 193. The zero-order valence-corrected chi connectivity index (χ0v) is 11.7. The molecule has 0 aliphatic rings. The number of hydrogen-bond acceptors (Lipinski definition) is 3. The average Bonchev–Trinajstić information content (AvgIpc) is 2.33. The smallest absolute Gasteiger partial charge is 0.236 e. The number of nitrogens with zero attached hydrogens (tertiary/aromatic N) is 1. The average molecular weight is 243 g/mol. The summed E-state index contributed by atoms with van der Waals surface area (Å²) in [7, 11) is 0. The van der Waals surface area contributed by atoms with Crippen molar-refractivity contribution < 1.29 is 4.79 Å². The van der Waals surface area contributed by atoms with Gasteiger partial charge in [-0.15, -0.1) is 0 Å². The van der Waals surface area contributed by atoms with Crippen LogP contribution in [0.1, 0.15) is 46.5 Å². The SMILES string of the molecule is CCCC(N)C(=O)NCCCCN(CC)CC. The molecule has 0 rings (SSSR count). The van der Waals surface area contributed by atoms with Crippen LogP contribution in [0.15, 0.2) is 0 Å². The molecule has 3 N–H and O–H groups in total. The molecule has 0 saturated carbocycles. The van der Waals surface area contributed by atoms with Crippen LogP contribution in [0.25, 0.3) is 0 Å². The highest BCUT2D eigenvalue weighted by Gasteiger charge is 2.10. The fourth-order valence-electron chi connectivity index (χ4n) is 1.79. The predicted octanol–water partition coefficient (Wildman–Crippen LogP) is 1.35. The van der Waals surface area contributed by atoms with E-state index >= 15 is 0 Å². The minimum atomic E-state index is -0.331. The van der Waals surface area contributed by atoms with E-state index in [0.717, 1.165) is 51.9 Å². The fourth-order valence-corrected chi connectivity index (χ4v) is 1.79. The number of unbranched alkanes of at least 4 members (excludes halogenated alkanes) is 1. The Morgan fingerprint density at radius 2 is 1.88 bits per heavy atom. The van der Waals surface area contributed by atoms with Gasteiger partial charge in [0.05, 0.1) is 6.04 Å². The van der Waals surface area contributed by atoms with Gasteiger partial charge in [0.2, 0.25) is 5.91 Å². The van der Waals surface area contributed by atoms with Gasteiger partial charge in [-0.25, -0.2) is 0 Å². The van der Waals surface area contributed by atoms with Crippen molar-refractivity contribution in [2.75, 3.05) is 26.2 Å². The summed E-state index contributed by atoms with van der Waals surface area (Å²) in [6, 6.07) is -0.331. The maximum Gasteiger partial charge on any atom is 0.236 e. The van der Waals surface area contributed by atoms with Gasteiger partial charge in [-0.05, 0) is 38.9 Å². The number of carbonyl (C=O) groups excluding carboxylic acids is 1. The zero-order valence-electron chi connectivity index (χ0n) is 11.7. The highest BCUT2D eigenvalue weighted by molar-refractivity contribution is 5.81. The lowest BCUT2D eigenvalue weighted by Gasteiger charge is -2.17. The van der Waals surface area contributed by atoms with Crippen molar-refractivity contribution in [3.8, 4) is 0 Å². The van der Waals surface area contributed by atoms with E-state index in [2.05, 4.69) is 24.1 Å². The molecule has 0 aromatic rings. The normalized spacial score (nSPS) is 12.8. The van der Waals surface area contributed by atoms with E-state index in [1.165, 1.54) is 0 Å². The van der Waals surface area contributed by atoms with Crippen LogP contribution in [-0.2, 0) is 4.79 Å². The molecule has 0 fully saturated rings. The third-order valence-corrected chi connectivity index (χ3v) is 3.03. The molecule has 4 heteroatoms. The Kier molecular flexibility index (Phi) is 10.2. The molecule has 1 amide bonds. The Labute approximate surface area is 106 Å². The summed E-state index contributed by atoms with van der Waals surface area (Å²) in [6.45, 7) is 10.5. The summed E-state index contributed by atoms with van der Waals surface area (Å²) in [5.41, 5.74) is 5.71. The van der Waals surface area contributed by atoms with Crippen LogP contribution in [0.4, 0.5) is 0 Å². The number of nitrogens with two attached hydrogens (primary N) is 1. The van der Waals surface area contributed by atoms with Gasteiger partial charge in [-0.3, -0.25) is 4.79 Å². The molecule has 1 unspecified atom stereocenters. The molecule has 0 aromatic heterocycles. The molecule has 0 aliphatic heterocycles. The maximum atomic E-state index is 11.5. The topological polar surface area (TPSA) is 58.4 Å². The predicted molar refractivity (Wildman–Crippen MR) is 72.9 cm³/mol. The standard InChI is InChI=1S/C13H29N3O/c1-4-9-12(14)13(17)15-10-7-8-11-16(5-2)6-3/h12H,4-11,14H2,1-3H3,(H,15,17). The van der Waals surface area contributed by atoms with Crippen LogP contribution in [-0.4, -0.2) is 43.0 Å². The van der Waals surface area contributed by atoms with Crippen molar-refractivity contribution in [2.45, 2.75) is 52.5 Å². The molecule has 1 atom stereocenters. The molecule has 0 saturated heterocycles. The van der Waals surface area contributed by atoms with E-state index in [1.807, 2.05) is 6.92 Å². The number of carbonyl (C=O) groups is 1. The summed E-state index contributed by atoms with van der Waals surface area (Å²) >= 11 is 0. The Balaban J connectivity index is 3.47. The molecule has 0 aliphatic carbocycles. The van der Waals surface area contributed by atoms with Crippen LogP contribution < -0.4 is 11.1 Å². The first-order valence-electron chi connectivity index (χ1n) is 6.91. The first kappa shape index (κ1) is 16.4. The first-order chi connectivity index (χ1) is 8.15. The molecule has 0 spiro atoms. The number of amides is 1. The van der Waals surface area contributed by atoms with Crippen molar-refractivity contribution >= 4 is 5.91 Å². The summed E-state index contributed by atoms with van der Waals surface area (Å²) in [5, 5.41) is 2.89. The molecule has 102 valence electrons. The highest BCUT2D eigenvalue weighted by Crippen LogP contribution is 1.95. The second-order valence-corrected chi connectivity index (χ2v) is 4.42. The van der Waals surface area contributed by atoms with Crippen LogP contribution in [0.3, 0.4) is 0 Å². The number of rotatable bonds is 10. The molecule has 17 heavy (non-hydrogen) atoms. The van der Waals surface area contributed by atoms with Gasteiger partial charge >= 0.3 is 0 Å². The van der Waals surface area contributed by atoms with Gasteiger partial charge in [0.15, 0.2) is 0 Å². The minimum absolute atomic E-state index is 0.00492. The van der Waals surface area contributed by atoms with Gasteiger partial charge in [-0.2, -0.15) is 0 Å². The van der Waals surface area contributed by atoms with Crippen molar-refractivity contribution in [2.24, 2.45) is 5.73 Å². The van der Waals surface area contributed by atoms with Gasteiger partial charge in [0.1, 0.15) is 0 Å². The summed E-state index contributed by atoms with van der Waals surface area (Å²) < 4.78 is 0. The lowest BCUT2D eigenvalue weighted by atomic mass is 10.1. The Hall–Kier alpha value is -0.610. The van der Waals surface area contributed by atoms with Gasteiger partial charge in [-0.1, -0.05) is 27.2 Å². The quantitative estimate of drug-likeness (QED) is 0.569. The third kappa shape index (κ3) is 8.16. The Morgan fingerprint density at radius 3 is 2.41 bits per heavy atom. The lowest BCUT2D eigenvalue weighted by molar-refractivity contribution is -0.122. The second-order valence-electron chi connectivity index (χ2n) is 4.42. The van der Waals surface area contributed by atoms with Crippen molar-refractivity contribution in [1.29, 1.82) is 0 Å². The van der Waals surface area contributed by atoms with Crippen LogP contribution in [0.5, 0.6) is 0 Å². The summed E-state index contributed by atoms with van der Waals surface area (Å²) in [5.74, 6) is -0.00492. The maximum absolute atomic E-state index is 11.5. The molecule has 0 bridgehead atoms. The van der Waals surface area contributed by atoms with Crippen molar-refractivity contribution in [3.05, 3.63) is 0 Å². The zero-order chi connectivity index (χ0) is 13.1. The van der Waals surface area contributed by atoms with E-state index in [9.17, 15) is 4.79 Å².